The highest BCUT2D eigenvalue weighted by molar-refractivity contribution is 5.99. The van der Waals surface area contributed by atoms with Crippen molar-refractivity contribution in [2.24, 2.45) is 0 Å². The molecule has 8 nitrogen and oxygen atoms in total. The summed E-state index contributed by atoms with van der Waals surface area (Å²) in [6, 6.07) is 2.19. The summed E-state index contributed by atoms with van der Waals surface area (Å²) in [6.07, 6.45) is 3.74. The number of nitrogens with one attached hydrogen (secondary N) is 1. The smallest absolute Gasteiger partial charge is 0.278 e. The van der Waals surface area contributed by atoms with Gasteiger partial charge in [0.05, 0.1) is 0 Å². The molecule has 2 atom stereocenters. The largest absolute Gasteiger partial charge is 0.502 e. The van der Waals surface area contributed by atoms with E-state index in [1.54, 1.807) is 11.8 Å². The molecule has 2 aliphatic heterocycles. The Labute approximate surface area is 189 Å². The van der Waals surface area contributed by atoms with Gasteiger partial charge in [0.1, 0.15) is 23.9 Å². The molecule has 2 aliphatic rings. The molecule has 1 aromatic carbocycles. The number of rotatable bonds is 3. The predicted molar refractivity (Wildman–Crippen MR) is 117 cm³/mol. The molecule has 176 valence electrons. The zero-order chi connectivity index (χ0) is 24.0. The number of amides is 2. The van der Waals surface area contributed by atoms with Crippen molar-refractivity contribution in [3.8, 4) is 5.75 Å². The van der Waals surface area contributed by atoms with E-state index in [2.05, 4.69) is 5.32 Å². The predicted octanol–water partition coefficient (Wildman–Crippen LogP) is 2.38. The highest BCUT2D eigenvalue weighted by Crippen LogP contribution is 2.28. The number of hydrogen-bond donors (Lipinski definition) is 2. The van der Waals surface area contributed by atoms with E-state index in [1.165, 1.54) is 10.9 Å². The van der Waals surface area contributed by atoms with Crippen molar-refractivity contribution in [2.45, 2.75) is 58.7 Å². The maximum absolute atomic E-state index is 14.1. The first-order valence-corrected chi connectivity index (χ1v) is 10.9. The van der Waals surface area contributed by atoms with E-state index in [0.717, 1.165) is 31.4 Å². The minimum Gasteiger partial charge on any atom is -0.502 e. The first-order valence-electron chi connectivity index (χ1n) is 10.9. The van der Waals surface area contributed by atoms with Gasteiger partial charge in [-0.25, -0.2) is 8.78 Å². The summed E-state index contributed by atoms with van der Waals surface area (Å²) < 4.78 is 29.6. The maximum Gasteiger partial charge on any atom is 0.278 e. The van der Waals surface area contributed by atoms with E-state index in [0.29, 0.717) is 5.56 Å². The van der Waals surface area contributed by atoms with Gasteiger partial charge in [-0.05, 0) is 57.7 Å². The zero-order valence-corrected chi connectivity index (χ0v) is 18.7. The molecule has 4 rings (SSSR count). The van der Waals surface area contributed by atoms with Crippen LogP contribution in [0.3, 0.4) is 0 Å². The molecule has 0 radical (unpaired) electrons. The molecule has 10 heteroatoms. The number of hydrogen-bond acceptors (Lipinski definition) is 5. The third-order valence-corrected chi connectivity index (χ3v) is 6.44. The lowest BCUT2D eigenvalue weighted by atomic mass is 10.0. The highest BCUT2D eigenvalue weighted by atomic mass is 19.1. The minimum atomic E-state index is -1.02. The van der Waals surface area contributed by atoms with Crippen molar-refractivity contribution in [3.63, 3.8) is 0 Å². The second kappa shape index (κ2) is 8.49. The highest BCUT2D eigenvalue weighted by Gasteiger charge is 2.38. The number of aromatic nitrogens is 1. The first kappa shape index (κ1) is 22.8. The fourth-order valence-corrected chi connectivity index (χ4v) is 4.44. The molecule has 3 heterocycles. The van der Waals surface area contributed by atoms with E-state index in [9.17, 15) is 28.3 Å². The van der Waals surface area contributed by atoms with E-state index >= 15 is 0 Å². The molecule has 0 unspecified atom stereocenters. The van der Waals surface area contributed by atoms with Gasteiger partial charge in [0.15, 0.2) is 11.4 Å². The topological polar surface area (TPSA) is 94.9 Å². The second-order valence-electron chi connectivity index (χ2n) is 8.79. The van der Waals surface area contributed by atoms with Gasteiger partial charge in [-0.3, -0.25) is 24.1 Å². The average molecular weight is 460 g/mol. The number of carbonyl (C=O) groups excluding carboxylic acids is 2. The molecule has 0 aliphatic carbocycles. The third kappa shape index (κ3) is 3.94. The standard InChI is InChI=1S/C23H26F2N4O4/c1-12-7-17(24)15(18(25)8-12)9-26-22(32)16-10-28-19(21(31)20(16)30)23(33)27-11-29(28)14(3)6-4-5-13(27)2/h7-8,10,13-14,31H,4-6,9,11H2,1-3H3,(H,26,32)/t13-,14+/m1/s1. The summed E-state index contributed by atoms with van der Waals surface area (Å²) in [4.78, 5) is 40.3. The summed E-state index contributed by atoms with van der Waals surface area (Å²) >= 11 is 0. The summed E-state index contributed by atoms with van der Waals surface area (Å²) in [5, 5.41) is 14.8. The van der Waals surface area contributed by atoms with Gasteiger partial charge in [0.2, 0.25) is 5.43 Å². The van der Waals surface area contributed by atoms with Crippen molar-refractivity contribution >= 4 is 11.8 Å². The zero-order valence-electron chi connectivity index (χ0n) is 18.7. The van der Waals surface area contributed by atoms with Crippen LogP contribution in [-0.4, -0.2) is 45.2 Å². The molecule has 2 amide bonds. The maximum atomic E-state index is 14.1. The summed E-state index contributed by atoms with van der Waals surface area (Å²) in [7, 11) is 0. The molecule has 0 spiro atoms. The lowest BCUT2D eigenvalue weighted by Gasteiger charge is -2.46. The number of aryl methyl sites for hydroxylation is 1. The second-order valence-corrected chi connectivity index (χ2v) is 8.79. The van der Waals surface area contributed by atoms with Crippen molar-refractivity contribution < 1.29 is 23.5 Å². The van der Waals surface area contributed by atoms with E-state index < -0.39 is 46.7 Å². The number of carbonyl (C=O) groups is 2. The normalized spacial score (nSPS) is 20.2. The van der Waals surface area contributed by atoms with E-state index in [-0.39, 0.29) is 30.0 Å². The van der Waals surface area contributed by atoms with Crippen LogP contribution in [-0.2, 0) is 6.54 Å². The number of halogens is 2. The Hall–Kier alpha value is -3.43. The Bertz CT molecular complexity index is 1170. The lowest BCUT2D eigenvalue weighted by Crippen LogP contribution is -2.60. The molecule has 1 saturated heterocycles. The van der Waals surface area contributed by atoms with Gasteiger partial charge in [-0.15, -0.1) is 0 Å². The molecular formula is C23H26F2N4O4. The fourth-order valence-electron chi connectivity index (χ4n) is 4.44. The van der Waals surface area contributed by atoms with Crippen LogP contribution in [0.2, 0.25) is 0 Å². The van der Waals surface area contributed by atoms with Gasteiger partial charge < -0.3 is 15.3 Å². The number of nitrogens with zero attached hydrogens (tertiary/aromatic N) is 3. The molecule has 1 aromatic heterocycles. The molecule has 0 saturated carbocycles. The molecular weight excluding hydrogens is 434 g/mol. The molecule has 2 aromatic rings. The Balaban J connectivity index is 1.71. The van der Waals surface area contributed by atoms with Crippen LogP contribution in [0.25, 0.3) is 0 Å². The Morgan fingerprint density at radius 1 is 1.15 bits per heavy atom. The van der Waals surface area contributed by atoms with Crippen LogP contribution in [0.4, 0.5) is 8.78 Å². The minimum absolute atomic E-state index is 0.0274. The molecule has 1 fully saturated rings. The van der Waals surface area contributed by atoms with Gasteiger partial charge in [0.25, 0.3) is 11.8 Å². The van der Waals surface area contributed by atoms with Crippen molar-refractivity contribution in [3.05, 3.63) is 62.6 Å². The fraction of sp³-hybridized carbons (Fsp3) is 0.435. The SMILES string of the molecule is Cc1cc(F)c(CNC(=O)c2cn3c(c(O)c2=O)C(=O)N2CN3[C@@H](C)CCC[C@H]2C)c(F)c1. The van der Waals surface area contributed by atoms with Crippen molar-refractivity contribution in [1.82, 2.24) is 14.9 Å². The average Bonchev–Trinajstić information content (AvgIpc) is 2.74. The number of aromatic hydroxyl groups is 1. The van der Waals surface area contributed by atoms with E-state index in [4.69, 9.17) is 0 Å². The molecule has 33 heavy (non-hydrogen) atoms. The van der Waals surface area contributed by atoms with Crippen LogP contribution < -0.4 is 15.8 Å². The Kier molecular flexibility index (Phi) is 5.85. The van der Waals surface area contributed by atoms with Crippen molar-refractivity contribution in [1.29, 1.82) is 0 Å². The quantitative estimate of drug-likeness (QED) is 0.734. The molecule has 2 N–H and O–H groups in total. The number of pyridine rings is 1. The van der Waals surface area contributed by atoms with E-state index in [1.807, 2.05) is 18.9 Å². The van der Waals surface area contributed by atoms with Crippen LogP contribution in [0, 0.1) is 18.6 Å². The van der Waals surface area contributed by atoms with Crippen molar-refractivity contribution in [2.75, 3.05) is 11.7 Å². The number of benzene rings is 1. The Morgan fingerprint density at radius 2 is 1.79 bits per heavy atom. The summed E-state index contributed by atoms with van der Waals surface area (Å²) in [6.45, 7) is 5.19. The van der Waals surface area contributed by atoms with Gasteiger partial charge in [-0.2, -0.15) is 0 Å². The monoisotopic (exact) mass is 460 g/mol. The Morgan fingerprint density at radius 3 is 2.45 bits per heavy atom. The van der Waals surface area contributed by atoms with Gasteiger partial charge in [-0.1, -0.05) is 0 Å². The lowest BCUT2D eigenvalue weighted by molar-refractivity contribution is 0.0565. The number of fused-ring (bicyclic) bond motifs is 4. The summed E-state index contributed by atoms with van der Waals surface area (Å²) in [5.41, 5.74) is -1.58. The van der Waals surface area contributed by atoms with Crippen LogP contribution in [0.1, 0.15) is 65.1 Å². The van der Waals surface area contributed by atoms with Crippen LogP contribution >= 0.6 is 0 Å². The van der Waals surface area contributed by atoms with Crippen LogP contribution in [0.15, 0.2) is 23.1 Å². The first-order chi connectivity index (χ1) is 15.6. The van der Waals surface area contributed by atoms with Gasteiger partial charge >= 0.3 is 0 Å². The third-order valence-electron chi connectivity index (χ3n) is 6.44. The van der Waals surface area contributed by atoms with Crippen LogP contribution in [0.5, 0.6) is 5.75 Å². The summed E-state index contributed by atoms with van der Waals surface area (Å²) in [5.74, 6) is -3.85. The van der Waals surface area contributed by atoms with Gasteiger partial charge in [0, 0.05) is 30.4 Å². The molecule has 2 bridgehead atoms.